The second kappa shape index (κ2) is 11.8. The maximum Gasteiger partial charge on any atom is 0.264 e. The lowest BCUT2D eigenvalue weighted by Gasteiger charge is -1.98. The molecule has 0 saturated carbocycles. The normalized spacial score (nSPS) is 20.2. The van der Waals surface area contributed by atoms with Crippen LogP contribution >= 0.6 is 23.5 Å². The number of hydrogen-bond acceptors (Lipinski definition) is 8. The minimum absolute atomic E-state index is 0.174. The van der Waals surface area contributed by atoms with E-state index in [0.717, 1.165) is 30.4 Å². The average Bonchev–Trinajstić information content (AvgIpc) is 3.37. The predicted octanol–water partition coefficient (Wildman–Crippen LogP) is 4.09. The van der Waals surface area contributed by atoms with E-state index >= 15 is 0 Å². The summed E-state index contributed by atoms with van der Waals surface area (Å²) in [7, 11) is 0. The summed E-state index contributed by atoms with van der Waals surface area (Å²) < 4.78 is 0. The number of benzene rings is 2. The van der Waals surface area contributed by atoms with E-state index in [1.807, 2.05) is 0 Å². The fraction of sp³-hybridized carbons (Fsp3) is 0.200. The van der Waals surface area contributed by atoms with Crippen molar-refractivity contribution in [2.75, 3.05) is 13.1 Å². The van der Waals surface area contributed by atoms with Gasteiger partial charge in [0.25, 0.3) is 11.8 Å². The van der Waals surface area contributed by atoms with Crippen LogP contribution in [-0.2, 0) is 9.59 Å². The van der Waals surface area contributed by atoms with Crippen LogP contribution in [0.1, 0.15) is 30.4 Å². The van der Waals surface area contributed by atoms with E-state index < -0.39 is 0 Å². The van der Waals surface area contributed by atoms with Gasteiger partial charge >= 0.3 is 0 Å². The molecular formula is C25H24N4O4S2. The summed E-state index contributed by atoms with van der Waals surface area (Å²) >= 11 is 2.62. The van der Waals surface area contributed by atoms with Gasteiger partial charge in [0.1, 0.15) is 11.5 Å². The van der Waals surface area contributed by atoms with Gasteiger partial charge in [0.05, 0.1) is 9.81 Å². The third-order valence-electron chi connectivity index (χ3n) is 5.01. The van der Waals surface area contributed by atoms with Gasteiger partial charge in [-0.1, -0.05) is 24.3 Å². The molecular weight excluding hydrogens is 484 g/mol. The van der Waals surface area contributed by atoms with Gasteiger partial charge in [0, 0.05) is 13.1 Å². The number of rotatable bonds is 8. The van der Waals surface area contributed by atoms with E-state index in [1.165, 1.54) is 23.5 Å². The van der Waals surface area contributed by atoms with Crippen LogP contribution in [0.2, 0.25) is 0 Å². The molecule has 2 heterocycles. The van der Waals surface area contributed by atoms with Crippen molar-refractivity contribution in [3.63, 3.8) is 0 Å². The summed E-state index contributed by atoms with van der Waals surface area (Å²) in [4.78, 5) is 34.3. The van der Waals surface area contributed by atoms with Crippen LogP contribution in [0.5, 0.6) is 11.5 Å². The molecule has 2 saturated heterocycles. The summed E-state index contributed by atoms with van der Waals surface area (Å²) in [5, 5.41) is 25.5. The largest absolute Gasteiger partial charge is 0.508 e. The summed E-state index contributed by atoms with van der Waals surface area (Å²) in [5.41, 5.74) is 1.67. The Balaban J connectivity index is 1.17. The minimum Gasteiger partial charge on any atom is -0.508 e. The van der Waals surface area contributed by atoms with Crippen molar-refractivity contribution in [3.05, 3.63) is 69.5 Å². The number of unbranched alkanes of at least 4 members (excludes halogenated alkanes) is 2. The Morgan fingerprint density at radius 2 is 1.06 bits per heavy atom. The number of aliphatic imine (C=N–C) groups is 2. The zero-order valence-electron chi connectivity index (χ0n) is 18.7. The van der Waals surface area contributed by atoms with E-state index in [9.17, 15) is 19.8 Å². The number of aromatic hydroxyl groups is 2. The maximum absolute atomic E-state index is 12.1. The number of carbonyl (C=O) groups is 2. The van der Waals surface area contributed by atoms with Crippen molar-refractivity contribution in [1.82, 2.24) is 10.6 Å². The molecule has 2 aromatic carbocycles. The number of amidine groups is 2. The number of phenolic OH excluding ortho intramolecular Hbond substituents is 2. The molecule has 10 heteroatoms. The van der Waals surface area contributed by atoms with Gasteiger partial charge in [-0.2, -0.15) is 0 Å². The quantitative estimate of drug-likeness (QED) is 0.315. The summed E-state index contributed by atoms with van der Waals surface area (Å²) in [6.45, 7) is 1.22. The highest BCUT2D eigenvalue weighted by Gasteiger charge is 2.24. The van der Waals surface area contributed by atoms with Crippen LogP contribution in [-0.4, -0.2) is 45.5 Å². The van der Waals surface area contributed by atoms with Crippen molar-refractivity contribution in [1.29, 1.82) is 0 Å². The second-order valence-corrected chi connectivity index (χ2v) is 9.81. The number of amides is 2. The molecule has 0 unspecified atom stereocenters. The number of carbonyl (C=O) groups excluding carboxylic acids is 2. The Morgan fingerprint density at radius 1 is 0.657 bits per heavy atom. The van der Waals surface area contributed by atoms with E-state index in [2.05, 4.69) is 20.6 Å². The van der Waals surface area contributed by atoms with Crippen LogP contribution < -0.4 is 10.6 Å². The van der Waals surface area contributed by atoms with Gasteiger partial charge in [-0.15, -0.1) is 0 Å². The summed E-state index contributed by atoms with van der Waals surface area (Å²) in [5.74, 6) is 0.0201. The van der Waals surface area contributed by atoms with Gasteiger partial charge in [0.2, 0.25) is 0 Å². The molecule has 4 rings (SSSR count). The zero-order valence-corrected chi connectivity index (χ0v) is 20.4. The molecule has 2 amide bonds. The van der Waals surface area contributed by atoms with Crippen LogP contribution in [0.15, 0.2) is 68.3 Å². The first-order valence-corrected chi connectivity index (χ1v) is 12.7. The standard InChI is InChI=1S/C25H24N4O4S2/c30-18-8-4-16(5-9-18)14-20-22(32)28-24(34-20)26-12-2-1-3-13-27-25-29-23(33)21(35-25)15-17-6-10-19(31)11-7-17/h4-11,14-15,30-31H,1-3,12-13H2,(H,26,28,32)(H,27,29,33)/b20-14-,21-15-. The molecule has 0 aromatic heterocycles. The van der Waals surface area contributed by atoms with Crippen molar-refractivity contribution >= 4 is 57.8 Å². The lowest BCUT2D eigenvalue weighted by Crippen LogP contribution is -2.20. The molecule has 0 aliphatic carbocycles. The average molecular weight is 509 g/mol. The van der Waals surface area contributed by atoms with Crippen molar-refractivity contribution in [3.8, 4) is 11.5 Å². The predicted molar refractivity (Wildman–Crippen MR) is 142 cm³/mol. The number of nitrogens with one attached hydrogen (secondary N) is 2. The summed E-state index contributed by atoms with van der Waals surface area (Å²) in [6, 6.07) is 13.3. The van der Waals surface area contributed by atoms with Crippen LogP contribution in [0.25, 0.3) is 12.2 Å². The third kappa shape index (κ3) is 7.24. The van der Waals surface area contributed by atoms with Gasteiger partial charge < -0.3 is 20.8 Å². The van der Waals surface area contributed by atoms with E-state index in [0.29, 0.717) is 33.2 Å². The fourth-order valence-corrected chi connectivity index (χ4v) is 4.90. The van der Waals surface area contributed by atoms with E-state index in [1.54, 1.807) is 60.7 Å². The number of nitrogens with zero attached hydrogens (tertiary/aromatic N) is 2. The maximum atomic E-state index is 12.1. The molecule has 2 aliphatic rings. The monoisotopic (exact) mass is 508 g/mol. The lowest BCUT2D eigenvalue weighted by atomic mass is 10.2. The van der Waals surface area contributed by atoms with Crippen LogP contribution in [0.4, 0.5) is 0 Å². The molecule has 4 N–H and O–H groups in total. The minimum atomic E-state index is -0.174. The zero-order chi connectivity index (χ0) is 24.6. The molecule has 180 valence electrons. The lowest BCUT2D eigenvalue weighted by molar-refractivity contribution is -0.116. The van der Waals surface area contributed by atoms with E-state index in [-0.39, 0.29) is 23.3 Å². The Hall–Kier alpha value is -3.50. The van der Waals surface area contributed by atoms with E-state index in [4.69, 9.17) is 0 Å². The van der Waals surface area contributed by atoms with Crippen LogP contribution in [0, 0.1) is 0 Å². The van der Waals surface area contributed by atoms with Crippen molar-refractivity contribution in [2.24, 2.45) is 9.98 Å². The molecule has 0 atom stereocenters. The molecule has 8 nitrogen and oxygen atoms in total. The summed E-state index contributed by atoms with van der Waals surface area (Å²) in [6.07, 6.45) is 6.20. The first-order valence-electron chi connectivity index (χ1n) is 11.0. The smallest absolute Gasteiger partial charge is 0.264 e. The molecule has 0 bridgehead atoms. The Labute approximate surface area is 211 Å². The second-order valence-electron chi connectivity index (χ2n) is 7.75. The highest BCUT2D eigenvalue weighted by molar-refractivity contribution is 8.19. The first-order chi connectivity index (χ1) is 17.0. The molecule has 0 spiro atoms. The van der Waals surface area contributed by atoms with Crippen LogP contribution in [0.3, 0.4) is 0 Å². The molecule has 2 aromatic rings. The first kappa shape index (κ1) is 24.6. The molecule has 2 fully saturated rings. The van der Waals surface area contributed by atoms with Gasteiger partial charge in [-0.3, -0.25) is 19.6 Å². The topological polar surface area (TPSA) is 123 Å². The highest BCUT2D eigenvalue weighted by Crippen LogP contribution is 2.27. The Morgan fingerprint density at radius 3 is 1.46 bits per heavy atom. The highest BCUT2D eigenvalue weighted by atomic mass is 32.2. The molecule has 0 radical (unpaired) electrons. The molecule has 2 aliphatic heterocycles. The Kier molecular flexibility index (Phi) is 8.27. The third-order valence-corrected chi connectivity index (χ3v) is 6.91. The van der Waals surface area contributed by atoms with Gasteiger partial charge in [-0.25, -0.2) is 0 Å². The number of thioether (sulfide) groups is 2. The van der Waals surface area contributed by atoms with Crippen molar-refractivity contribution in [2.45, 2.75) is 19.3 Å². The van der Waals surface area contributed by atoms with Gasteiger partial charge in [0.15, 0.2) is 10.3 Å². The Bertz CT molecular complexity index is 1120. The molecule has 35 heavy (non-hydrogen) atoms. The van der Waals surface area contributed by atoms with Gasteiger partial charge in [-0.05, 0) is 90.3 Å². The fourth-order valence-electron chi connectivity index (χ4n) is 3.21. The number of hydrogen-bond donors (Lipinski definition) is 4. The SMILES string of the molecule is O=C1NC(=NCCCCCN=C2NC(=O)/C(=C/c3ccc(O)cc3)S2)S/C1=C\c1ccc(O)cc1. The number of phenols is 2. The van der Waals surface area contributed by atoms with Crippen molar-refractivity contribution < 1.29 is 19.8 Å².